The van der Waals surface area contributed by atoms with E-state index in [0.717, 1.165) is 24.2 Å². The number of nitrogens with one attached hydrogen (secondary N) is 1. The molecule has 0 saturated heterocycles. The summed E-state index contributed by atoms with van der Waals surface area (Å²) in [4.78, 5) is 12.2. The van der Waals surface area contributed by atoms with E-state index < -0.39 is 0 Å². The highest BCUT2D eigenvalue weighted by atomic mass is 32.2. The Labute approximate surface area is 159 Å². The maximum Gasteiger partial charge on any atom is 0.230 e. The van der Waals surface area contributed by atoms with Gasteiger partial charge in [-0.3, -0.25) is 9.36 Å². The summed E-state index contributed by atoms with van der Waals surface area (Å²) in [6.45, 7) is 8.51. The molecule has 0 aliphatic carbocycles. The average Bonchev–Trinajstić information content (AvgIpc) is 3.07. The lowest BCUT2D eigenvalue weighted by atomic mass is 10.2. The van der Waals surface area contributed by atoms with Gasteiger partial charge in [-0.05, 0) is 25.0 Å². The smallest absolute Gasteiger partial charge is 0.230 e. The van der Waals surface area contributed by atoms with E-state index in [1.54, 1.807) is 13.2 Å². The molecule has 0 radical (unpaired) electrons. The molecule has 26 heavy (non-hydrogen) atoms. The van der Waals surface area contributed by atoms with Gasteiger partial charge in [-0.15, -0.1) is 16.8 Å². The van der Waals surface area contributed by atoms with E-state index in [9.17, 15) is 4.79 Å². The van der Waals surface area contributed by atoms with E-state index in [2.05, 4.69) is 35.9 Å². The number of amides is 1. The van der Waals surface area contributed by atoms with E-state index >= 15 is 0 Å². The Kier molecular flexibility index (Phi) is 7.72. The van der Waals surface area contributed by atoms with E-state index in [4.69, 9.17) is 4.74 Å². The summed E-state index contributed by atoms with van der Waals surface area (Å²) in [7, 11) is 1.63. The Balaban J connectivity index is 2.19. The van der Waals surface area contributed by atoms with Gasteiger partial charge in [0.25, 0.3) is 0 Å². The maximum absolute atomic E-state index is 12.2. The third-order valence-electron chi connectivity index (χ3n) is 4.06. The molecule has 0 unspecified atom stereocenters. The summed E-state index contributed by atoms with van der Waals surface area (Å²) >= 11 is 1.38. The summed E-state index contributed by atoms with van der Waals surface area (Å²) in [5.74, 6) is 1.74. The number of carbonyl (C=O) groups excluding carboxylic acids is 1. The molecule has 0 atom stereocenters. The predicted molar refractivity (Wildman–Crippen MR) is 105 cm³/mol. The van der Waals surface area contributed by atoms with E-state index in [1.807, 2.05) is 28.8 Å². The lowest BCUT2D eigenvalue weighted by molar-refractivity contribution is -0.119. The topological polar surface area (TPSA) is 69.0 Å². The first-order chi connectivity index (χ1) is 12.6. The van der Waals surface area contributed by atoms with Gasteiger partial charge in [-0.2, -0.15) is 0 Å². The van der Waals surface area contributed by atoms with Crippen LogP contribution in [0.3, 0.4) is 0 Å². The first-order valence-corrected chi connectivity index (χ1v) is 9.72. The molecule has 1 aromatic carbocycles. The first-order valence-electron chi connectivity index (χ1n) is 8.74. The van der Waals surface area contributed by atoms with Gasteiger partial charge < -0.3 is 10.1 Å². The molecule has 6 nitrogen and oxygen atoms in total. The van der Waals surface area contributed by atoms with Gasteiger partial charge in [0.05, 0.1) is 18.4 Å². The molecule has 0 spiro atoms. The Morgan fingerprint density at radius 2 is 2.08 bits per heavy atom. The monoisotopic (exact) mass is 374 g/mol. The van der Waals surface area contributed by atoms with Crippen LogP contribution < -0.4 is 10.1 Å². The van der Waals surface area contributed by atoms with Gasteiger partial charge in [0.15, 0.2) is 11.0 Å². The Morgan fingerprint density at radius 3 is 2.73 bits per heavy atom. The van der Waals surface area contributed by atoms with Gasteiger partial charge in [-0.25, -0.2) is 0 Å². The predicted octanol–water partition coefficient (Wildman–Crippen LogP) is 3.54. The van der Waals surface area contributed by atoms with Crippen LogP contribution in [0.4, 0.5) is 0 Å². The number of carbonyl (C=O) groups is 1. The fraction of sp³-hybridized carbons (Fsp3) is 0.421. The van der Waals surface area contributed by atoms with E-state index in [0.29, 0.717) is 23.3 Å². The van der Waals surface area contributed by atoms with E-state index in [-0.39, 0.29) is 11.9 Å². The minimum Gasteiger partial charge on any atom is -0.496 e. The van der Waals surface area contributed by atoms with Crippen molar-refractivity contribution in [2.75, 3.05) is 12.9 Å². The largest absolute Gasteiger partial charge is 0.496 e. The number of ether oxygens (including phenoxy) is 1. The second-order valence-electron chi connectivity index (χ2n) is 5.78. The van der Waals surface area contributed by atoms with Crippen LogP contribution >= 0.6 is 11.8 Å². The van der Waals surface area contributed by atoms with Gasteiger partial charge in [-0.1, -0.05) is 43.8 Å². The van der Waals surface area contributed by atoms with Crippen molar-refractivity contribution < 1.29 is 9.53 Å². The maximum atomic E-state index is 12.2. The number of thioether (sulfide) groups is 1. The molecule has 0 fully saturated rings. The highest BCUT2D eigenvalue weighted by Gasteiger charge is 2.18. The number of hydrogen-bond acceptors (Lipinski definition) is 5. The van der Waals surface area contributed by atoms with Crippen molar-refractivity contribution in [3.8, 4) is 17.1 Å². The quantitative estimate of drug-likeness (QED) is 0.509. The molecular weight excluding hydrogens is 348 g/mol. The molecule has 1 heterocycles. The van der Waals surface area contributed by atoms with Gasteiger partial charge >= 0.3 is 0 Å². The number of hydrogen-bond donors (Lipinski definition) is 1. The highest BCUT2D eigenvalue weighted by Crippen LogP contribution is 2.30. The normalized spacial score (nSPS) is 10.8. The molecule has 0 bridgehead atoms. The second kappa shape index (κ2) is 10.0. The van der Waals surface area contributed by atoms with Crippen molar-refractivity contribution in [2.45, 2.75) is 44.4 Å². The molecule has 2 aromatic rings. The zero-order valence-electron chi connectivity index (χ0n) is 15.6. The zero-order valence-corrected chi connectivity index (χ0v) is 16.4. The molecule has 0 aliphatic rings. The van der Waals surface area contributed by atoms with Crippen molar-refractivity contribution in [1.82, 2.24) is 20.1 Å². The molecule has 0 aliphatic heterocycles. The lowest BCUT2D eigenvalue weighted by Crippen LogP contribution is -2.35. The Hall–Kier alpha value is -2.28. The fourth-order valence-electron chi connectivity index (χ4n) is 2.61. The number of para-hydroxylation sites is 1. The second-order valence-corrected chi connectivity index (χ2v) is 6.72. The highest BCUT2D eigenvalue weighted by molar-refractivity contribution is 7.99. The van der Waals surface area contributed by atoms with E-state index in [1.165, 1.54) is 11.8 Å². The average molecular weight is 375 g/mol. The molecule has 1 N–H and O–H groups in total. The molecule has 1 aromatic heterocycles. The Bertz CT molecular complexity index is 741. The number of allylic oxidation sites excluding steroid dienone is 1. The number of aromatic nitrogens is 3. The minimum atomic E-state index is 0.00990. The number of methoxy groups -OCH3 is 1. The van der Waals surface area contributed by atoms with Crippen molar-refractivity contribution in [3.05, 3.63) is 36.9 Å². The number of nitrogens with zero attached hydrogens (tertiary/aromatic N) is 3. The van der Waals surface area contributed by atoms with Crippen LogP contribution in [0.25, 0.3) is 11.4 Å². The van der Waals surface area contributed by atoms with Gasteiger partial charge in [0.1, 0.15) is 5.75 Å². The van der Waals surface area contributed by atoms with Crippen LogP contribution in [0, 0.1) is 0 Å². The van der Waals surface area contributed by atoms with Crippen LogP contribution in [0.15, 0.2) is 42.1 Å². The SMILES string of the molecule is C=CCn1c(SCC(=O)NC(CC)CC)nnc1-c1ccccc1OC. The summed E-state index contributed by atoms with van der Waals surface area (Å²) in [5.41, 5.74) is 0.859. The van der Waals surface area contributed by atoms with Crippen molar-refractivity contribution in [1.29, 1.82) is 0 Å². The molecule has 2 rings (SSSR count). The molecule has 1 amide bonds. The van der Waals surface area contributed by atoms with Crippen molar-refractivity contribution in [3.63, 3.8) is 0 Å². The standard InChI is InChI=1S/C19H26N4O2S/c1-5-12-23-18(15-10-8-9-11-16(15)25-4)21-22-19(23)26-13-17(24)20-14(6-2)7-3/h5,8-11,14H,1,6-7,12-13H2,2-4H3,(H,20,24). The molecule has 7 heteroatoms. The molecular formula is C19H26N4O2S. The van der Waals surface area contributed by atoms with Crippen LogP contribution in [0.1, 0.15) is 26.7 Å². The fourth-order valence-corrected chi connectivity index (χ4v) is 3.37. The third kappa shape index (κ3) is 4.88. The number of benzene rings is 1. The summed E-state index contributed by atoms with van der Waals surface area (Å²) < 4.78 is 7.38. The Morgan fingerprint density at radius 1 is 1.35 bits per heavy atom. The van der Waals surface area contributed by atoms with Gasteiger partial charge in [0.2, 0.25) is 5.91 Å². The van der Waals surface area contributed by atoms with Crippen molar-refractivity contribution in [2.24, 2.45) is 0 Å². The first kappa shape index (κ1) is 20.0. The van der Waals surface area contributed by atoms with Crippen molar-refractivity contribution >= 4 is 17.7 Å². The van der Waals surface area contributed by atoms with Crippen LogP contribution in [0.2, 0.25) is 0 Å². The van der Waals surface area contributed by atoms with Crippen LogP contribution in [-0.2, 0) is 11.3 Å². The summed E-state index contributed by atoms with van der Waals surface area (Å²) in [6.07, 6.45) is 3.64. The summed E-state index contributed by atoms with van der Waals surface area (Å²) in [6, 6.07) is 7.89. The third-order valence-corrected chi connectivity index (χ3v) is 5.03. The molecule has 140 valence electrons. The lowest BCUT2D eigenvalue weighted by Gasteiger charge is -2.14. The van der Waals surface area contributed by atoms with Gasteiger partial charge in [0, 0.05) is 12.6 Å². The zero-order chi connectivity index (χ0) is 18.9. The molecule has 0 saturated carbocycles. The summed E-state index contributed by atoms with van der Waals surface area (Å²) in [5, 5.41) is 12.3. The number of rotatable bonds is 10. The minimum absolute atomic E-state index is 0.00990. The van der Waals surface area contributed by atoms with Crippen LogP contribution in [0.5, 0.6) is 5.75 Å². The van der Waals surface area contributed by atoms with Crippen LogP contribution in [-0.4, -0.2) is 39.6 Å².